The third-order valence-corrected chi connectivity index (χ3v) is 2.68. The number of hydrogen-bond acceptors (Lipinski definition) is 4. The first-order chi connectivity index (χ1) is 9.22. The summed E-state index contributed by atoms with van der Waals surface area (Å²) in [5.41, 5.74) is 1.98. The minimum absolute atomic E-state index is 0.0103. The van der Waals surface area contributed by atoms with Gasteiger partial charge in [0.1, 0.15) is 5.82 Å². The fourth-order valence-corrected chi connectivity index (χ4v) is 1.57. The molecule has 1 amide bonds. The zero-order chi connectivity index (χ0) is 13.7. The maximum atomic E-state index is 11.9. The van der Waals surface area contributed by atoms with E-state index in [2.05, 4.69) is 15.6 Å². The van der Waals surface area contributed by atoms with Crippen molar-refractivity contribution < 1.29 is 9.90 Å². The Morgan fingerprint density at radius 1 is 1.21 bits per heavy atom. The van der Waals surface area contributed by atoms with E-state index in [1.807, 2.05) is 0 Å². The highest BCUT2D eigenvalue weighted by Gasteiger charge is 2.06. The van der Waals surface area contributed by atoms with Crippen LogP contribution >= 0.6 is 0 Å². The molecule has 1 heterocycles. The van der Waals surface area contributed by atoms with Crippen molar-refractivity contribution in [3.05, 3.63) is 53.7 Å². The van der Waals surface area contributed by atoms with Crippen molar-refractivity contribution in [3.63, 3.8) is 0 Å². The fourth-order valence-electron chi connectivity index (χ4n) is 1.57. The molecule has 5 nitrogen and oxygen atoms in total. The lowest BCUT2D eigenvalue weighted by Gasteiger charge is -2.06. The van der Waals surface area contributed by atoms with Crippen LogP contribution in [0.15, 0.2) is 42.6 Å². The third-order valence-electron chi connectivity index (χ3n) is 2.68. The molecule has 0 fully saturated rings. The van der Waals surface area contributed by atoms with Crippen LogP contribution in [-0.2, 0) is 6.61 Å². The van der Waals surface area contributed by atoms with E-state index >= 15 is 0 Å². The molecular formula is C14H15N3O2. The normalized spacial score (nSPS) is 10.0. The molecule has 0 atom stereocenters. The maximum Gasteiger partial charge on any atom is 0.257 e. The predicted molar refractivity (Wildman–Crippen MR) is 74.1 cm³/mol. The number of carbonyl (C=O) groups is 1. The van der Waals surface area contributed by atoms with E-state index in [4.69, 9.17) is 5.11 Å². The first-order valence-corrected chi connectivity index (χ1v) is 5.88. The molecule has 0 unspecified atom stereocenters. The molecule has 0 saturated carbocycles. The van der Waals surface area contributed by atoms with Crippen LogP contribution in [0.25, 0.3) is 0 Å². The highest BCUT2D eigenvalue weighted by Crippen LogP contribution is 2.12. The van der Waals surface area contributed by atoms with Crippen LogP contribution in [0.1, 0.15) is 15.9 Å². The largest absolute Gasteiger partial charge is 0.392 e. The Kier molecular flexibility index (Phi) is 4.10. The van der Waals surface area contributed by atoms with Gasteiger partial charge >= 0.3 is 0 Å². The Labute approximate surface area is 111 Å². The number of aliphatic hydroxyl groups is 1. The Balaban J connectivity index is 2.06. The van der Waals surface area contributed by atoms with Gasteiger partial charge in [0.25, 0.3) is 5.91 Å². The number of hydrogen-bond donors (Lipinski definition) is 3. The van der Waals surface area contributed by atoms with Gasteiger partial charge in [-0.1, -0.05) is 12.1 Å². The number of anilines is 2. The molecule has 2 rings (SSSR count). The van der Waals surface area contributed by atoms with Crippen molar-refractivity contribution in [2.75, 3.05) is 17.7 Å². The van der Waals surface area contributed by atoms with E-state index in [9.17, 15) is 4.79 Å². The molecule has 1 aromatic carbocycles. The van der Waals surface area contributed by atoms with E-state index in [-0.39, 0.29) is 12.5 Å². The Bertz CT molecular complexity index is 550. The van der Waals surface area contributed by atoms with Gasteiger partial charge in [-0.2, -0.15) is 0 Å². The standard InChI is InChI=1S/C14H15N3O2/c1-15-13-7-4-11(8-16-13)14(19)17-12-5-2-10(9-18)3-6-12/h2-8,18H,9H2,1H3,(H,15,16)(H,17,19). The van der Waals surface area contributed by atoms with Crippen LogP contribution in [0.4, 0.5) is 11.5 Å². The number of carbonyl (C=O) groups excluding carboxylic acids is 1. The number of rotatable bonds is 4. The van der Waals surface area contributed by atoms with E-state index in [0.717, 1.165) is 5.56 Å². The second kappa shape index (κ2) is 5.97. The second-order valence-corrected chi connectivity index (χ2v) is 3.99. The van der Waals surface area contributed by atoms with Crippen LogP contribution in [0.2, 0.25) is 0 Å². The number of pyridine rings is 1. The highest BCUT2D eigenvalue weighted by atomic mass is 16.3. The van der Waals surface area contributed by atoms with Crippen molar-refractivity contribution in [2.45, 2.75) is 6.61 Å². The molecule has 0 aliphatic carbocycles. The molecule has 19 heavy (non-hydrogen) atoms. The second-order valence-electron chi connectivity index (χ2n) is 3.99. The summed E-state index contributed by atoms with van der Waals surface area (Å²) in [4.78, 5) is 16.0. The first-order valence-electron chi connectivity index (χ1n) is 5.88. The minimum atomic E-state index is -0.216. The van der Waals surface area contributed by atoms with Crippen molar-refractivity contribution in [1.29, 1.82) is 0 Å². The third kappa shape index (κ3) is 3.29. The van der Waals surface area contributed by atoms with Crippen molar-refractivity contribution in [3.8, 4) is 0 Å². The predicted octanol–water partition coefficient (Wildman–Crippen LogP) is 1.87. The van der Waals surface area contributed by atoms with Gasteiger partial charge in [0, 0.05) is 18.9 Å². The molecule has 0 aliphatic rings. The number of aliphatic hydroxyl groups excluding tert-OH is 1. The van der Waals surface area contributed by atoms with E-state index in [1.165, 1.54) is 6.20 Å². The molecule has 0 bridgehead atoms. The maximum absolute atomic E-state index is 11.9. The molecule has 1 aromatic heterocycles. The lowest BCUT2D eigenvalue weighted by Crippen LogP contribution is -2.12. The minimum Gasteiger partial charge on any atom is -0.392 e. The first kappa shape index (κ1) is 13.0. The van der Waals surface area contributed by atoms with Crippen LogP contribution in [0.5, 0.6) is 0 Å². The summed E-state index contributed by atoms with van der Waals surface area (Å²) in [6.07, 6.45) is 1.52. The summed E-state index contributed by atoms with van der Waals surface area (Å²) in [5, 5.41) is 14.6. The van der Waals surface area contributed by atoms with Gasteiger partial charge in [0.15, 0.2) is 0 Å². The van der Waals surface area contributed by atoms with Gasteiger partial charge in [-0.15, -0.1) is 0 Å². The SMILES string of the molecule is CNc1ccc(C(=O)Nc2ccc(CO)cc2)cn1. The smallest absolute Gasteiger partial charge is 0.257 e. The highest BCUT2D eigenvalue weighted by molar-refractivity contribution is 6.04. The molecular weight excluding hydrogens is 242 g/mol. The van der Waals surface area contributed by atoms with Gasteiger partial charge in [-0.25, -0.2) is 4.98 Å². The topological polar surface area (TPSA) is 74.2 Å². The lowest BCUT2D eigenvalue weighted by atomic mass is 10.2. The zero-order valence-electron chi connectivity index (χ0n) is 10.6. The van der Waals surface area contributed by atoms with Crippen molar-refractivity contribution in [2.24, 2.45) is 0 Å². The lowest BCUT2D eigenvalue weighted by molar-refractivity contribution is 0.102. The van der Waals surface area contributed by atoms with Gasteiger partial charge in [0.05, 0.1) is 12.2 Å². The molecule has 0 saturated heterocycles. The fraction of sp³-hybridized carbons (Fsp3) is 0.143. The zero-order valence-corrected chi connectivity index (χ0v) is 10.6. The molecule has 0 radical (unpaired) electrons. The molecule has 5 heteroatoms. The van der Waals surface area contributed by atoms with E-state index < -0.39 is 0 Å². The molecule has 2 aromatic rings. The van der Waals surface area contributed by atoms with E-state index in [1.54, 1.807) is 43.4 Å². The summed E-state index contributed by atoms with van der Waals surface area (Å²) < 4.78 is 0. The van der Waals surface area contributed by atoms with Crippen LogP contribution in [-0.4, -0.2) is 23.0 Å². The Morgan fingerprint density at radius 2 is 1.95 bits per heavy atom. The van der Waals surface area contributed by atoms with Gasteiger partial charge in [0.2, 0.25) is 0 Å². The number of amides is 1. The number of nitrogens with one attached hydrogen (secondary N) is 2. The van der Waals surface area contributed by atoms with Gasteiger partial charge < -0.3 is 15.7 Å². The summed E-state index contributed by atoms with van der Waals surface area (Å²) in [6.45, 7) is -0.0103. The number of aromatic nitrogens is 1. The number of benzene rings is 1. The van der Waals surface area contributed by atoms with Gasteiger partial charge in [-0.3, -0.25) is 4.79 Å². The van der Waals surface area contributed by atoms with Crippen LogP contribution in [0, 0.1) is 0 Å². The molecule has 3 N–H and O–H groups in total. The van der Waals surface area contributed by atoms with E-state index in [0.29, 0.717) is 17.1 Å². The number of nitrogens with zero attached hydrogens (tertiary/aromatic N) is 1. The molecule has 98 valence electrons. The Morgan fingerprint density at radius 3 is 2.47 bits per heavy atom. The molecule has 0 spiro atoms. The van der Waals surface area contributed by atoms with Crippen molar-refractivity contribution in [1.82, 2.24) is 4.98 Å². The van der Waals surface area contributed by atoms with Crippen molar-refractivity contribution >= 4 is 17.4 Å². The summed E-state index contributed by atoms with van der Waals surface area (Å²) in [7, 11) is 1.77. The Hall–Kier alpha value is -2.40. The average Bonchev–Trinajstić information content (AvgIpc) is 2.48. The van der Waals surface area contributed by atoms with Crippen LogP contribution in [0.3, 0.4) is 0 Å². The molecule has 0 aliphatic heterocycles. The average molecular weight is 257 g/mol. The summed E-state index contributed by atoms with van der Waals surface area (Å²) >= 11 is 0. The monoisotopic (exact) mass is 257 g/mol. The summed E-state index contributed by atoms with van der Waals surface area (Å²) in [6, 6.07) is 10.5. The summed E-state index contributed by atoms with van der Waals surface area (Å²) in [5.74, 6) is 0.496. The quantitative estimate of drug-likeness (QED) is 0.781. The van der Waals surface area contributed by atoms with Crippen LogP contribution < -0.4 is 10.6 Å². The van der Waals surface area contributed by atoms with Gasteiger partial charge in [-0.05, 0) is 29.8 Å².